The predicted octanol–water partition coefficient (Wildman–Crippen LogP) is 3.71. The molecule has 0 saturated carbocycles. The average molecular weight is 294 g/mol. The molecule has 3 nitrogen and oxygen atoms in total. The molecular weight excluding hydrogens is 286 g/mol. The fourth-order valence-corrected chi connectivity index (χ4v) is 2.56. The molecule has 0 fully saturated rings. The van der Waals surface area contributed by atoms with Crippen LogP contribution in [0.2, 0.25) is 0 Å². The summed E-state index contributed by atoms with van der Waals surface area (Å²) in [5.41, 5.74) is 7.78. The van der Waals surface area contributed by atoms with Crippen molar-refractivity contribution in [3.05, 3.63) is 39.7 Å². The lowest BCUT2D eigenvalue weighted by atomic mass is 10.2. The van der Waals surface area contributed by atoms with Crippen molar-refractivity contribution >= 4 is 43.6 Å². The standard InChI is InChI=1S/C11H8BrN3S/c12-10-3-4-11(16-10)15-9-2-1-7(6-13)5-8(9)14/h1-5,15H,14H2. The Bertz CT molecular complexity index is 557. The number of hydrogen-bond acceptors (Lipinski definition) is 4. The number of thiophene rings is 1. The molecule has 16 heavy (non-hydrogen) atoms. The third-order valence-corrected chi connectivity index (χ3v) is 3.55. The number of nitrogen functional groups attached to an aromatic ring is 1. The summed E-state index contributed by atoms with van der Waals surface area (Å²) in [6.45, 7) is 0. The quantitative estimate of drug-likeness (QED) is 0.830. The molecule has 1 aromatic carbocycles. The molecular formula is C11H8BrN3S. The lowest BCUT2D eigenvalue weighted by Gasteiger charge is -2.06. The number of anilines is 3. The van der Waals surface area contributed by atoms with Crippen molar-refractivity contribution in [2.45, 2.75) is 0 Å². The number of hydrogen-bond donors (Lipinski definition) is 2. The first-order valence-electron chi connectivity index (χ1n) is 4.51. The molecule has 3 N–H and O–H groups in total. The number of rotatable bonds is 2. The zero-order valence-electron chi connectivity index (χ0n) is 8.20. The largest absolute Gasteiger partial charge is 0.397 e. The summed E-state index contributed by atoms with van der Waals surface area (Å²) in [5, 5.41) is 12.9. The van der Waals surface area contributed by atoms with E-state index in [1.165, 1.54) is 0 Å². The van der Waals surface area contributed by atoms with Crippen molar-refractivity contribution < 1.29 is 0 Å². The number of benzene rings is 1. The molecule has 2 aromatic rings. The lowest BCUT2D eigenvalue weighted by molar-refractivity contribution is 1.48. The molecule has 0 radical (unpaired) electrons. The normalized spacial score (nSPS) is 9.75. The Labute approximate surface area is 106 Å². The molecule has 1 aromatic heterocycles. The van der Waals surface area contributed by atoms with Crippen LogP contribution in [0, 0.1) is 11.3 Å². The van der Waals surface area contributed by atoms with Crippen molar-refractivity contribution in [3.63, 3.8) is 0 Å². The van der Waals surface area contributed by atoms with E-state index in [0.717, 1.165) is 14.5 Å². The van der Waals surface area contributed by atoms with Gasteiger partial charge in [0.25, 0.3) is 0 Å². The summed E-state index contributed by atoms with van der Waals surface area (Å²) in [6, 6.07) is 11.2. The molecule has 0 aliphatic carbocycles. The van der Waals surface area contributed by atoms with E-state index >= 15 is 0 Å². The minimum atomic E-state index is 0.565. The van der Waals surface area contributed by atoms with Crippen LogP contribution in [0.1, 0.15) is 5.56 Å². The third kappa shape index (κ3) is 2.35. The van der Waals surface area contributed by atoms with Gasteiger partial charge in [0.05, 0.1) is 31.8 Å². The topological polar surface area (TPSA) is 61.8 Å². The van der Waals surface area contributed by atoms with Crippen LogP contribution in [-0.4, -0.2) is 0 Å². The van der Waals surface area contributed by atoms with Gasteiger partial charge in [-0.05, 0) is 46.3 Å². The van der Waals surface area contributed by atoms with E-state index in [-0.39, 0.29) is 0 Å². The molecule has 2 rings (SSSR count). The fourth-order valence-electron chi connectivity index (χ4n) is 1.26. The van der Waals surface area contributed by atoms with Gasteiger partial charge in [-0.3, -0.25) is 0 Å². The average Bonchev–Trinajstić information content (AvgIpc) is 2.67. The maximum absolute atomic E-state index is 8.72. The summed E-state index contributed by atoms with van der Waals surface area (Å²) >= 11 is 4.98. The van der Waals surface area contributed by atoms with Gasteiger partial charge in [-0.2, -0.15) is 5.26 Å². The summed E-state index contributed by atoms with van der Waals surface area (Å²) < 4.78 is 1.06. The first-order valence-corrected chi connectivity index (χ1v) is 6.12. The zero-order chi connectivity index (χ0) is 11.5. The highest BCUT2D eigenvalue weighted by Gasteiger charge is 2.02. The Balaban J connectivity index is 2.26. The van der Waals surface area contributed by atoms with Crippen LogP contribution < -0.4 is 11.1 Å². The van der Waals surface area contributed by atoms with Crippen molar-refractivity contribution in [2.75, 3.05) is 11.1 Å². The van der Waals surface area contributed by atoms with Gasteiger partial charge >= 0.3 is 0 Å². The van der Waals surface area contributed by atoms with Gasteiger partial charge in [-0.1, -0.05) is 0 Å². The van der Waals surface area contributed by atoms with E-state index in [0.29, 0.717) is 11.3 Å². The molecule has 0 atom stereocenters. The Morgan fingerprint density at radius 1 is 1.31 bits per heavy atom. The van der Waals surface area contributed by atoms with Crippen LogP contribution in [0.4, 0.5) is 16.4 Å². The van der Waals surface area contributed by atoms with Crippen LogP contribution in [0.3, 0.4) is 0 Å². The maximum atomic E-state index is 8.72. The Morgan fingerprint density at radius 2 is 2.12 bits per heavy atom. The summed E-state index contributed by atoms with van der Waals surface area (Å²) in [5.74, 6) is 0. The summed E-state index contributed by atoms with van der Waals surface area (Å²) in [7, 11) is 0. The Hall–Kier alpha value is -1.51. The molecule has 0 saturated heterocycles. The lowest BCUT2D eigenvalue weighted by Crippen LogP contribution is -1.95. The van der Waals surface area contributed by atoms with Gasteiger partial charge in [-0.25, -0.2) is 0 Å². The van der Waals surface area contributed by atoms with Crippen LogP contribution in [-0.2, 0) is 0 Å². The number of nitrogens with zero attached hydrogens (tertiary/aromatic N) is 1. The predicted molar refractivity (Wildman–Crippen MR) is 70.9 cm³/mol. The van der Waals surface area contributed by atoms with Crippen molar-refractivity contribution in [2.24, 2.45) is 0 Å². The Morgan fingerprint density at radius 3 is 2.69 bits per heavy atom. The van der Waals surface area contributed by atoms with Crippen LogP contribution in [0.25, 0.3) is 0 Å². The van der Waals surface area contributed by atoms with E-state index in [4.69, 9.17) is 11.0 Å². The van der Waals surface area contributed by atoms with Crippen LogP contribution in [0.15, 0.2) is 34.1 Å². The van der Waals surface area contributed by atoms with Gasteiger partial charge in [0.1, 0.15) is 0 Å². The highest BCUT2D eigenvalue weighted by molar-refractivity contribution is 9.11. The van der Waals surface area contributed by atoms with Crippen molar-refractivity contribution in [1.82, 2.24) is 0 Å². The number of nitrogens with one attached hydrogen (secondary N) is 1. The van der Waals surface area contributed by atoms with Gasteiger partial charge in [0, 0.05) is 0 Å². The van der Waals surface area contributed by atoms with E-state index in [1.807, 2.05) is 18.2 Å². The minimum absolute atomic E-state index is 0.565. The molecule has 0 unspecified atom stereocenters. The summed E-state index contributed by atoms with van der Waals surface area (Å²) in [4.78, 5) is 0. The van der Waals surface area contributed by atoms with Crippen molar-refractivity contribution in [3.8, 4) is 6.07 Å². The first kappa shape index (κ1) is 11.0. The van der Waals surface area contributed by atoms with E-state index < -0.39 is 0 Å². The second kappa shape index (κ2) is 4.56. The van der Waals surface area contributed by atoms with Crippen LogP contribution in [0.5, 0.6) is 0 Å². The zero-order valence-corrected chi connectivity index (χ0v) is 10.6. The minimum Gasteiger partial charge on any atom is -0.397 e. The van der Waals surface area contributed by atoms with E-state index in [9.17, 15) is 0 Å². The monoisotopic (exact) mass is 293 g/mol. The van der Waals surface area contributed by atoms with E-state index in [1.54, 1.807) is 23.5 Å². The molecule has 0 spiro atoms. The van der Waals surface area contributed by atoms with Crippen LogP contribution >= 0.6 is 27.3 Å². The molecule has 5 heteroatoms. The van der Waals surface area contributed by atoms with Gasteiger partial charge in [0.2, 0.25) is 0 Å². The van der Waals surface area contributed by atoms with Crippen molar-refractivity contribution in [1.29, 1.82) is 5.26 Å². The molecule has 0 bridgehead atoms. The van der Waals surface area contributed by atoms with E-state index in [2.05, 4.69) is 27.3 Å². The number of nitriles is 1. The van der Waals surface area contributed by atoms with Gasteiger partial charge in [-0.15, -0.1) is 11.3 Å². The number of halogens is 1. The molecule has 0 aliphatic heterocycles. The number of nitrogens with two attached hydrogens (primary N) is 1. The smallest absolute Gasteiger partial charge is 0.0992 e. The molecule has 0 aliphatic rings. The second-order valence-corrected chi connectivity index (χ2v) is 5.61. The SMILES string of the molecule is N#Cc1ccc(Nc2ccc(Br)s2)c(N)c1. The van der Waals surface area contributed by atoms with Gasteiger partial charge < -0.3 is 11.1 Å². The van der Waals surface area contributed by atoms with Gasteiger partial charge in [0.15, 0.2) is 0 Å². The summed E-state index contributed by atoms with van der Waals surface area (Å²) in [6.07, 6.45) is 0. The Kier molecular flexibility index (Phi) is 3.13. The fraction of sp³-hybridized carbons (Fsp3) is 0. The first-order chi connectivity index (χ1) is 7.69. The third-order valence-electron chi connectivity index (χ3n) is 2.01. The highest BCUT2D eigenvalue weighted by Crippen LogP contribution is 2.31. The molecule has 1 heterocycles. The molecule has 80 valence electrons. The highest BCUT2D eigenvalue weighted by atomic mass is 79.9. The second-order valence-electron chi connectivity index (χ2n) is 3.14. The molecule has 0 amide bonds. The maximum Gasteiger partial charge on any atom is 0.0992 e.